The van der Waals surface area contributed by atoms with E-state index in [1.807, 2.05) is 12.1 Å². The van der Waals surface area contributed by atoms with Crippen molar-refractivity contribution < 1.29 is 14.3 Å². The summed E-state index contributed by atoms with van der Waals surface area (Å²) in [7, 11) is 3.32. The van der Waals surface area contributed by atoms with Gasteiger partial charge >= 0.3 is 6.03 Å². The molecule has 3 aromatic carbocycles. The molecule has 4 rings (SSSR count). The predicted octanol–water partition coefficient (Wildman–Crippen LogP) is 9.14. The largest absolute Gasteiger partial charge is 0.493 e. The van der Waals surface area contributed by atoms with E-state index in [2.05, 4.69) is 92.5 Å². The fourth-order valence-corrected chi connectivity index (χ4v) is 6.26. The Balaban J connectivity index is 1.53. The van der Waals surface area contributed by atoms with Crippen LogP contribution in [0, 0.1) is 0 Å². The molecule has 0 aromatic heterocycles. The first-order chi connectivity index (χ1) is 19.8. The van der Waals surface area contributed by atoms with E-state index < -0.39 is 0 Å². The number of nitrogens with one attached hydrogen (secondary N) is 1. The topological polar surface area (TPSA) is 50.8 Å². The van der Waals surface area contributed by atoms with Gasteiger partial charge in [-0.15, -0.1) is 0 Å². The zero-order valence-corrected chi connectivity index (χ0v) is 25.8. The highest BCUT2D eigenvalue weighted by Gasteiger charge is 2.30. The summed E-state index contributed by atoms with van der Waals surface area (Å²) in [5.41, 5.74) is 5.99. The molecule has 0 unspecified atom stereocenters. The number of aryl methyl sites for hydroxylation is 1. The third-order valence-corrected chi connectivity index (χ3v) is 8.59. The Labute approximate surface area is 247 Å². The number of methoxy groups -OCH3 is 2. The Hall–Kier alpha value is -3.47. The SMILES string of the molecule is COc1ccc(CCCN(C(=O)Nc2c(C(C)C)cccc2C(C)C)C2CCC(c3ccccc3)CC2)cc1OC. The molecule has 5 heteroatoms. The van der Waals surface area contributed by atoms with Crippen molar-refractivity contribution >= 4 is 11.7 Å². The van der Waals surface area contributed by atoms with Crippen LogP contribution in [0.15, 0.2) is 66.7 Å². The van der Waals surface area contributed by atoms with Crippen molar-refractivity contribution in [2.24, 2.45) is 0 Å². The van der Waals surface area contributed by atoms with E-state index >= 15 is 0 Å². The molecule has 0 heterocycles. The van der Waals surface area contributed by atoms with Crippen LogP contribution in [0.4, 0.5) is 10.5 Å². The Morgan fingerprint density at radius 3 is 2.05 bits per heavy atom. The third kappa shape index (κ3) is 7.63. The van der Waals surface area contributed by atoms with Crippen molar-refractivity contribution in [3.05, 3.63) is 89.0 Å². The molecule has 0 bridgehead atoms. The molecule has 0 saturated heterocycles. The van der Waals surface area contributed by atoms with Gasteiger partial charge in [0, 0.05) is 18.3 Å². The second-order valence-electron chi connectivity index (χ2n) is 12.0. The highest BCUT2D eigenvalue weighted by atomic mass is 16.5. The molecule has 0 aliphatic heterocycles. The molecule has 1 N–H and O–H groups in total. The molecule has 1 aliphatic rings. The summed E-state index contributed by atoms with van der Waals surface area (Å²) < 4.78 is 10.9. The predicted molar refractivity (Wildman–Crippen MR) is 170 cm³/mol. The number of carbonyl (C=O) groups is 1. The molecule has 3 aromatic rings. The molecular formula is C36H48N2O3. The first-order valence-electron chi connectivity index (χ1n) is 15.3. The minimum absolute atomic E-state index is 0.0236. The lowest BCUT2D eigenvalue weighted by Crippen LogP contribution is -2.45. The number of carbonyl (C=O) groups excluding carboxylic acids is 1. The van der Waals surface area contributed by atoms with Gasteiger partial charge < -0.3 is 19.7 Å². The molecular weight excluding hydrogens is 508 g/mol. The number of benzene rings is 3. The highest BCUT2D eigenvalue weighted by molar-refractivity contribution is 5.91. The maximum Gasteiger partial charge on any atom is 0.322 e. The molecule has 1 fully saturated rings. The minimum atomic E-state index is 0.0236. The summed E-state index contributed by atoms with van der Waals surface area (Å²) >= 11 is 0. The molecule has 5 nitrogen and oxygen atoms in total. The quantitative estimate of drug-likeness (QED) is 0.256. The summed E-state index contributed by atoms with van der Waals surface area (Å²) in [6.07, 6.45) is 5.99. The van der Waals surface area contributed by atoms with Crippen LogP contribution in [0.1, 0.15) is 99.8 Å². The summed E-state index contributed by atoms with van der Waals surface area (Å²) in [6.45, 7) is 9.49. The maximum absolute atomic E-state index is 14.1. The van der Waals surface area contributed by atoms with Crippen molar-refractivity contribution in [1.29, 1.82) is 0 Å². The van der Waals surface area contributed by atoms with Gasteiger partial charge in [0.1, 0.15) is 0 Å². The lowest BCUT2D eigenvalue weighted by Gasteiger charge is -2.37. The van der Waals surface area contributed by atoms with Crippen LogP contribution in [0.5, 0.6) is 11.5 Å². The first kappa shape index (κ1) is 30.5. The molecule has 1 saturated carbocycles. The number of urea groups is 1. The number of hydrogen-bond acceptors (Lipinski definition) is 3. The number of rotatable bonds is 11. The Kier molecular flexibility index (Phi) is 10.7. The number of ether oxygens (including phenoxy) is 2. The van der Waals surface area contributed by atoms with Gasteiger partial charge in [-0.1, -0.05) is 82.3 Å². The van der Waals surface area contributed by atoms with E-state index in [9.17, 15) is 4.79 Å². The molecule has 2 amide bonds. The first-order valence-corrected chi connectivity index (χ1v) is 15.3. The molecule has 41 heavy (non-hydrogen) atoms. The van der Waals surface area contributed by atoms with Crippen LogP contribution in [0.25, 0.3) is 0 Å². The van der Waals surface area contributed by atoms with Crippen LogP contribution in [-0.2, 0) is 6.42 Å². The van der Waals surface area contributed by atoms with Crippen LogP contribution in [0.2, 0.25) is 0 Å². The normalized spacial score (nSPS) is 17.0. The van der Waals surface area contributed by atoms with Gasteiger partial charge in [-0.3, -0.25) is 0 Å². The van der Waals surface area contributed by atoms with Crippen LogP contribution in [-0.4, -0.2) is 37.7 Å². The fraction of sp³-hybridized carbons (Fsp3) is 0.472. The standard InChI is InChI=1S/C36H48N2O3/c1-25(2)31-15-10-16-32(26(3)4)35(31)37-36(39)38(23-11-12-27-17-22-33(40-5)34(24-27)41-6)30-20-18-29(19-21-30)28-13-8-7-9-14-28/h7-10,13-17,22,24-26,29-30H,11-12,18-21,23H2,1-6H3,(H,37,39). The molecule has 0 atom stereocenters. The molecule has 0 spiro atoms. The van der Waals surface area contributed by atoms with Crippen molar-refractivity contribution in [1.82, 2.24) is 4.90 Å². The molecule has 0 radical (unpaired) electrons. The average molecular weight is 557 g/mol. The average Bonchev–Trinajstić information content (AvgIpc) is 2.99. The summed E-state index contributed by atoms with van der Waals surface area (Å²) in [5.74, 6) is 2.69. The van der Waals surface area contributed by atoms with E-state index in [0.717, 1.165) is 55.7 Å². The number of amides is 2. The van der Waals surface area contributed by atoms with Crippen molar-refractivity contribution in [3.8, 4) is 11.5 Å². The second kappa shape index (κ2) is 14.4. The second-order valence-corrected chi connectivity index (χ2v) is 12.0. The Morgan fingerprint density at radius 1 is 0.829 bits per heavy atom. The lowest BCUT2D eigenvalue weighted by atomic mass is 9.81. The Bertz CT molecular complexity index is 1240. The van der Waals surface area contributed by atoms with Gasteiger partial charge in [-0.2, -0.15) is 0 Å². The van der Waals surface area contributed by atoms with E-state index in [0.29, 0.717) is 24.3 Å². The van der Waals surface area contributed by atoms with E-state index in [1.54, 1.807) is 14.2 Å². The third-order valence-electron chi connectivity index (χ3n) is 8.59. The van der Waals surface area contributed by atoms with Gasteiger partial charge in [-0.25, -0.2) is 4.79 Å². The maximum atomic E-state index is 14.1. The van der Waals surface area contributed by atoms with Gasteiger partial charge in [0.05, 0.1) is 14.2 Å². The van der Waals surface area contributed by atoms with Gasteiger partial charge in [0.15, 0.2) is 11.5 Å². The summed E-state index contributed by atoms with van der Waals surface area (Å²) in [6, 6.07) is 23.6. The zero-order valence-electron chi connectivity index (χ0n) is 25.8. The van der Waals surface area contributed by atoms with Crippen molar-refractivity contribution in [2.45, 2.75) is 90.0 Å². The number of nitrogens with zero attached hydrogens (tertiary/aromatic N) is 1. The number of anilines is 1. The van der Waals surface area contributed by atoms with Gasteiger partial charge in [0.2, 0.25) is 0 Å². The van der Waals surface area contributed by atoms with Gasteiger partial charge in [-0.05, 0) is 90.7 Å². The molecule has 220 valence electrons. The summed E-state index contributed by atoms with van der Waals surface area (Å²) in [4.78, 5) is 16.2. The minimum Gasteiger partial charge on any atom is -0.493 e. The number of para-hydroxylation sites is 1. The highest BCUT2D eigenvalue weighted by Crippen LogP contribution is 2.37. The lowest BCUT2D eigenvalue weighted by molar-refractivity contribution is 0.161. The zero-order chi connectivity index (χ0) is 29.4. The van der Waals surface area contributed by atoms with Crippen LogP contribution >= 0.6 is 0 Å². The smallest absolute Gasteiger partial charge is 0.322 e. The molecule has 1 aliphatic carbocycles. The van der Waals surface area contributed by atoms with Gasteiger partial charge in [0.25, 0.3) is 0 Å². The van der Waals surface area contributed by atoms with E-state index in [-0.39, 0.29) is 12.1 Å². The number of hydrogen-bond donors (Lipinski definition) is 1. The monoisotopic (exact) mass is 556 g/mol. The van der Waals surface area contributed by atoms with Crippen LogP contribution in [0.3, 0.4) is 0 Å². The fourth-order valence-electron chi connectivity index (χ4n) is 6.26. The van der Waals surface area contributed by atoms with Crippen LogP contribution < -0.4 is 14.8 Å². The van der Waals surface area contributed by atoms with E-state index in [1.165, 1.54) is 22.3 Å². The van der Waals surface area contributed by atoms with Crippen molar-refractivity contribution in [2.75, 3.05) is 26.1 Å². The van der Waals surface area contributed by atoms with E-state index in [4.69, 9.17) is 9.47 Å². The Morgan fingerprint density at radius 2 is 1.46 bits per heavy atom. The summed E-state index contributed by atoms with van der Waals surface area (Å²) in [5, 5.41) is 3.41. The van der Waals surface area contributed by atoms with Crippen molar-refractivity contribution in [3.63, 3.8) is 0 Å².